The molecule has 6 nitrogen and oxygen atoms in total. The maximum absolute atomic E-state index is 12.0. The van der Waals surface area contributed by atoms with Gasteiger partial charge in [-0.3, -0.25) is 9.89 Å². The topological polar surface area (TPSA) is 89.5 Å². The lowest BCUT2D eigenvalue weighted by molar-refractivity contribution is -0.146. The fraction of sp³-hybridized carbons (Fsp3) is 0.667. The Morgan fingerprint density at radius 1 is 1.72 bits per heavy atom. The van der Waals surface area contributed by atoms with Crippen LogP contribution in [0.25, 0.3) is 0 Å². The van der Waals surface area contributed by atoms with Gasteiger partial charge < -0.3 is 15.1 Å². The molecule has 2 heterocycles. The van der Waals surface area contributed by atoms with Gasteiger partial charge in [-0.15, -0.1) is 0 Å². The van der Waals surface area contributed by atoms with Crippen LogP contribution < -0.4 is 0 Å². The highest BCUT2D eigenvalue weighted by Gasteiger charge is 2.37. The minimum absolute atomic E-state index is 0.00532. The number of likely N-dealkylation sites (tertiary alicyclic amines) is 1. The molecule has 0 aliphatic carbocycles. The number of carbonyl (C=O) groups excluding carboxylic acids is 1. The van der Waals surface area contributed by atoms with E-state index in [1.54, 1.807) is 24.2 Å². The standard InChI is InChI=1S/C12H19N3O3/c1-12(18)4-5-15(8-10(12)16)11(17)3-2-9-6-13-14-7-9/h6-7,10,16,18H,2-5,8H2,1H3,(H,13,14)/t10-,12+/m0/s1. The van der Waals surface area contributed by atoms with Crippen LogP contribution >= 0.6 is 0 Å². The first kappa shape index (κ1) is 13.0. The number of hydrogen-bond acceptors (Lipinski definition) is 4. The van der Waals surface area contributed by atoms with E-state index in [0.29, 0.717) is 25.8 Å². The Bertz CT molecular complexity index is 403. The molecule has 0 radical (unpaired) electrons. The summed E-state index contributed by atoms with van der Waals surface area (Å²) in [4.78, 5) is 13.6. The van der Waals surface area contributed by atoms with Crippen molar-refractivity contribution < 1.29 is 15.0 Å². The lowest BCUT2D eigenvalue weighted by Gasteiger charge is -2.39. The number of hydrogen-bond donors (Lipinski definition) is 3. The molecule has 1 aliphatic heterocycles. The number of carbonyl (C=O) groups is 1. The van der Waals surface area contributed by atoms with Crippen LogP contribution in [-0.4, -0.2) is 56.0 Å². The summed E-state index contributed by atoms with van der Waals surface area (Å²) in [6.45, 7) is 2.30. The average molecular weight is 253 g/mol. The first-order chi connectivity index (χ1) is 8.49. The van der Waals surface area contributed by atoms with Crippen molar-refractivity contribution in [3.63, 3.8) is 0 Å². The van der Waals surface area contributed by atoms with Gasteiger partial charge in [0.05, 0.1) is 17.9 Å². The lowest BCUT2D eigenvalue weighted by Crippen LogP contribution is -2.55. The van der Waals surface area contributed by atoms with Gasteiger partial charge >= 0.3 is 0 Å². The van der Waals surface area contributed by atoms with Crippen LogP contribution in [0.4, 0.5) is 0 Å². The van der Waals surface area contributed by atoms with E-state index in [-0.39, 0.29) is 12.5 Å². The molecule has 1 amide bonds. The summed E-state index contributed by atoms with van der Waals surface area (Å²) in [6, 6.07) is 0. The number of aromatic amines is 1. The van der Waals surface area contributed by atoms with Crippen LogP contribution in [0.1, 0.15) is 25.3 Å². The normalized spacial score (nSPS) is 28.4. The molecular formula is C12H19N3O3. The van der Waals surface area contributed by atoms with Crippen molar-refractivity contribution in [2.45, 2.75) is 37.9 Å². The molecule has 3 N–H and O–H groups in total. The second kappa shape index (κ2) is 5.07. The summed E-state index contributed by atoms with van der Waals surface area (Å²) < 4.78 is 0. The third kappa shape index (κ3) is 2.88. The molecule has 0 unspecified atom stereocenters. The Labute approximate surface area is 106 Å². The monoisotopic (exact) mass is 253 g/mol. The third-order valence-corrected chi connectivity index (χ3v) is 3.53. The van der Waals surface area contributed by atoms with Gasteiger partial charge in [0.15, 0.2) is 0 Å². The Balaban J connectivity index is 1.83. The first-order valence-corrected chi connectivity index (χ1v) is 6.15. The van der Waals surface area contributed by atoms with Crippen molar-refractivity contribution in [3.8, 4) is 0 Å². The minimum Gasteiger partial charge on any atom is -0.388 e. The predicted molar refractivity (Wildman–Crippen MR) is 64.7 cm³/mol. The predicted octanol–water partition coefficient (Wildman–Crippen LogP) is -0.314. The largest absolute Gasteiger partial charge is 0.388 e. The van der Waals surface area contributed by atoms with Gasteiger partial charge in [0, 0.05) is 25.7 Å². The summed E-state index contributed by atoms with van der Waals surface area (Å²) >= 11 is 0. The van der Waals surface area contributed by atoms with Gasteiger partial charge in [-0.05, 0) is 25.3 Å². The number of aromatic nitrogens is 2. The van der Waals surface area contributed by atoms with Gasteiger partial charge in [0.2, 0.25) is 5.91 Å². The quantitative estimate of drug-likeness (QED) is 0.689. The van der Waals surface area contributed by atoms with Gasteiger partial charge in [-0.1, -0.05) is 0 Å². The minimum atomic E-state index is -1.08. The smallest absolute Gasteiger partial charge is 0.222 e. The lowest BCUT2D eigenvalue weighted by atomic mass is 9.90. The molecule has 1 fully saturated rings. The van der Waals surface area contributed by atoms with E-state index in [4.69, 9.17) is 0 Å². The highest BCUT2D eigenvalue weighted by Crippen LogP contribution is 2.22. The van der Waals surface area contributed by atoms with Crippen molar-refractivity contribution >= 4 is 5.91 Å². The number of rotatable bonds is 3. The second-order valence-corrected chi connectivity index (χ2v) is 5.07. The van der Waals surface area contributed by atoms with E-state index in [1.165, 1.54) is 0 Å². The highest BCUT2D eigenvalue weighted by atomic mass is 16.3. The van der Waals surface area contributed by atoms with Crippen LogP contribution in [0, 0.1) is 0 Å². The molecule has 1 aliphatic rings. The third-order valence-electron chi connectivity index (χ3n) is 3.53. The fourth-order valence-electron chi connectivity index (χ4n) is 2.07. The molecule has 0 bridgehead atoms. The molecule has 2 atom stereocenters. The summed E-state index contributed by atoms with van der Waals surface area (Å²) in [5.41, 5.74) is -0.0886. The second-order valence-electron chi connectivity index (χ2n) is 5.07. The zero-order valence-corrected chi connectivity index (χ0v) is 10.5. The number of nitrogens with zero attached hydrogens (tertiary/aromatic N) is 2. The van der Waals surface area contributed by atoms with Crippen molar-refractivity contribution in [1.82, 2.24) is 15.1 Å². The number of piperidine rings is 1. The molecule has 1 saturated heterocycles. The number of aliphatic hydroxyl groups excluding tert-OH is 1. The van der Waals surface area contributed by atoms with Crippen LogP contribution in [0.2, 0.25) is 0 Å². The SMILES string of the molecule is C[C@@]1(O)CCN(C(=O)CCc2cn[nH]c2)C[C@@H]1O. The molecule has 18 heavy (non-hydrogen) atoms. The Hall–Kier alpha value is -1.40. The van der Waals surface area contributed by atoms with Crippen LogP contribution in [0.3, 0.4) is 0 Å². The summed E-state index contributed by atoms with van der Waals surface area (Å²) in [5.74, 6) is 0.00532. The summed E-state index contributed by atoms with van der Waals surface area (Å²) in [5, 5.41) is 26.1. The Morgan fingerprint density at radius 3 is 3.11 bits per heavy atom. The fourth-order valence-corrected chi connectivity index (χ4v) is 2.07. The van der Waals surface area contributed by atoms with Crippen molar-refractivity contribution in [3.05, 3.63) is 18.0 Å². The molecule has 0 aromatic carbocycles. The highest BCUT2D eigenvalue weighted by molar-refractivity contribution is 5.76. The molecule has 6 heteroatoms. The van der Waals surface area contributed by atoms with Crippen LogP contribution in [-0.2, 0) is 11.2 Å². The Morgan fingerprint density at radius 2 is 2.50 bits per heavy atom. The van der Waals surface area contributed by atoms with Crippen LogP contribution in [0.15, 0.2) is 12.4 Å². The van der Waals surface area contributed by atoms with E-state index < -0.39 is 11.7 Å². The molecule has 1 aromatic rings. The van der Waals surface area contributed by atoms with E-state index in [2.05, 4.69) is 10.2 Å². The van der Waals surface area contributed by atoms with Gasteiger partial charge in [-0.25, -0.2) is 0 Å². The van der Waals surface area contributed by atoms with Crippen molar-refractivity contribution in [2.75, 3.05) is 13.1 Å². The average Bonchev–Trinajstić information content (AvgIpc) is 2.82. The number of aliphatic hydroxyl groups is 2. The molecule has 1 aromatic heterocycles. The number of β-amino-alcohol motifs (C(OH)–C–C–N with tert-alkyl or cyclic N) is 1. The molecule has 2 rings (SSSR count). The molecule has 100 valence electrons. The Kier molecular flexibility index (Phi) is 3.68. The van der Waals surface area contributed by atoms with Gasteiger partial charge in [0.25, 0.3) is 0 Å². The number of H-pyrrole nitrogens is 1. The summed E-state index contributed by atoms with van der Waals surface area (Å²) in [6.07, 6.45) is 4.04. The number of amides is 1. The van der Waals surface area contributed by atoms with Gasteiger partial charge in [0.1, 0.15) is 0 Å². The zero-order valence-electron chi connectivity index (χ0n) is 10.5. The van der Waals surface area contributed by atoms with Crippen molar-refractivity contribution in [2.24, 2.45) is 0 Å². The first-order valence-electron chi connectivity index (χ1n) is 6.15. The summed E-state index contributed by atoms with van der Waals surface area (Å²) in [7, 11) is 0. The van der Waals surface area contributed by atoms with Gasteiger partial charge in [-0.2, -0.15) is 5.10 Å². The van der Waals surface area contributed by atoms with Crippen LogP contribution in [0.5, 0.6) is 0 Å². The van der Waals surface area contributed by atoms with Crippen molar-refractivity contribution in [1.29, 1.82) is 0 Å². The maximum atomic E-state index is 12.0. The van der Waals surface area contributed by atoms with E-state index >= 15 is 0 Å². The maximum Gasteiger partial charge on any atom is 0.222 e. The number of nitrogens with one attached hydrogen (secondary N) is 1. The van der Waals surface area contributed by atoms with E-state index in [1.807, 2.05) is 0 Å². The van der Waals surface area contributed by atoms with E-state index in [9.17, 15) is 15.0 Å². The molecular weight excluding hydrogens is 234 g/mol. The zero-order chi connectivity index (χ0) is 13.2. The van der Waals surface area contributed by atoms with E-state index in [0.717, 1.165) is 5.56 Å². The molecule has 0 spiro atoms. The number of aryl methyl sites for hydroxylation is 1. The molecule has 0 saturated carbocycles.